The summed E-state index contributed by atoms with van der Waals surface area (Å²) in [6, 6.07) is 5.16. The van der Waals surface area contributed by atoms with E-state index in [0.29, 0.717) is 11.2 Å². The molecule has 3 rings (SSSR count). The summed E-state index contributed by atoms with van der Waals surface area (Å²) in [5.74, 6) is -0.230. The Morgan fingerprint density at radius 1 is 1.45 bits per heavy atom. The summed E-state index contributed by atoms with van der Waals surface area (Å²) in [7, 11) is 0. The van der Waals surface area contributed by atoms with Crippen LogP contribution >= 0.6 is 0 Å². The number of aliphatic carboxylic acids is 1. The minimum atomic E-state index is -1.01. The van der Waals surface area contributed by atoms with Crippen molar-refractivity contribution in [1.29, 1.82) is 0 Å². The lowest BCUT2D eigenvalue weighted by molar-refractivity contribution is -0.139. The number of carboxylic acids is 1. The molecule has 1 aromatic carbocycles. The van der Waals surface area contributed by atoms with Gasteiger partial charge in [-0.3, -0.25) is 4.79 Å². The highest BCUT2D eigenvalue weighted by Gasteiger charge is 2.65. The maximum atomic E-state index is 12.1. The number of carbonyl (C=O) groups excluding carboxylic acids is 1. The van der Waals surface area contributed by atoms with Gasteiger partial charge in [0.05, 0.1) is 0 Å². The largest absolute Gasteiger partial charge is 0.482 e. The third-order valence-electron chi connectivity index (χ3n) is 4.22. The van der Waals surface area contributed by atoms with E-state index >= 15 is 0 Å². The lowest BCUT2D eigenvalue weighted by atomic mass is 10.1. The molecule has 5 nitrogen and oxygen atoms in total. The molecule has 2 aliphatic rings. The molecule has 5 heteroatoms. The Kier molecular flexibility index (Phi) is 2.92. The van der Waals surface area contributed by atoms with Crippen LogP contribution in [0.4, 0.5) is 5.69 Å². The van der Waals surface area contributed by atoms with E-state index in [4.69, 9.17) is 9.84 Å². The number of benzene rings is 1. The van der Waals surface area contributed by atoms with Crippen molar-refractivity contribution in [2.24, 2.45) is 11.3 Å². The molecule has 106 valence electrons. The van der Waals surface area contributed by atoms with Gasteiger partial charge < -0.3 is 15.2 Å². The monoisotopic (exact) mass is 275 g/mol. The number of amides is 1. The topological polar surface area (TPSA) is 75.6 Å². The molecule has 0 aromatic heterocycles. The van der Waals surface area contributed by atoms with E-state index in [0.717, 1.165) is 17.7 Å². The van der Waals surface area contributed by atoms with Gasteiger partial charge in [0.25, 0.3) is 0 Å². The van der Waals surface area contributed by atoms with E-state index in [1.165, 1.54) is 12.8 Å². The number of ether oxygens (including phenoxy) is 1. The van der Waals surface area contributed by atoms with Crippen molar-refractivity contribution in [3.63, 3.8) is 0 Å². The van der Waals surface area contributed by atoms with Crippen LogP contribution < -0.4 is 10.1 Å². The van der Waals surface area contributed by atoms with Crippen LogP contribution in [0.1, 0.15) is 24.8 Å². The van der Waals surface area contributed by atoms with Gasteiger partial charge in [0.2, 0.25) is 5.91 Å². The van der Waals surface area contributed by atoms with Crippen molar-refractivity contribution in [1.82, 2.24) is 0 Å². The van der Waals surface area contributed by atoms with E-state index in [1.807, 2.05) is 6.92 Å². The molecule has 0 saturated heterocycles. The van der Waals surface area contributed by atoms with Gasteiger partial charge in [-0.05, 0) is 55.4 Å². The van der Waals surface area contributed by atoms with E-state index in [9.17, 15) is 9.59 Å². The number of rotatable bonds is 5. The molecule has 1 amide bonds. The maximum Gasteiger partial charge on any atom is 0.341 e. The Morgan fingerprint density at radius 2 is 2.20 bits per heavy atom. The first-order valence-electron chi connectivity index (χ1n) is 6.76. The molecule has 0 bridgehead atoms. The van der Waals surface area contributed by atoms with Crippen LogP contribution in [0.3, 0.4) is 0 Å². The zero-order chi connectivity index (χ0) is 14.3. The number of anilines is 1. The second-order valence-electron chi connectivity index (χ2n) is 5.77. The first kappa shape index (κ1) is 13.0. The summed E-state index contributed by atoms with van der Waals surface area (Å²) in [4.78, 5) is 22.5. The van der Waals surface area contributed by atoms with Gasteiger partial charge in [-0.1, -0.05) is 0 Å². The normalized spacial score (nSPS) is 21.4. The first-order valence-corrected chi connectivity index (χ1v) is 6.76. The molecule has 1 spiro atoms. The average molecular weight is 275 g/mol. The summed E-state index contributed by atoms with van der Waals surface area (Å²) >= 11 is 0. The second kappa shape index (κ2) is 4.51. The Bertz CT molecular complexity index is 577. The summed E-state index contributed by atoms with van der Waals surface area (Å²) in [5.41, 5.74) is 1.98. The van der Waals surface area contributed by atoms with Crippen molar-refractivity contribution < 1.29 is 19.4 Å². The zero-order valence-electron chi connectivity index (χ0n) is 11.3. The summed E-state index contributed by atoms with van der Waals surface area (Å²) in [6.07, 6.45) is 3.40. The highest BCUT2D eigenvalue weighted by molar-refractivity contribution is 5.96. The van der Waals surface area contributed by atoms with Crippen molar-refractivity contribution in [2.45, 2.75) is 26.2 Å². The van der Waals surface area contributed by atoms with E-state index < -0.39 is 5.97 Å². The van der Waals surface area contributed by atoms with E-state index in [2.05, 4.69) is 5.32 Å². The fourth-order valence-corrected chi connectivity index (χ4v) is 2.66. The molecule has 20 heavy (non-hydrogen) atoms. The van der Waals surface area contributed by atoms with Gasteiger partial charge in [-0.15, -0.1) is 0 Å². The van der Waals surface area contributed by atoms with Crippen LogP contribution in [-0.4, -0.2) is 23.6 Å². The Labute approximate surface area is 116 Å². The molecular formula is C15H17NO4. The van der Waals surface area contributed by atoms with Gasteiger partial charge >= 0.3 is 5.97 Å². The Morgan fingerprint density at radius 3 is 2.75 bits per heavy atom. The number of aryl methyl sites for hydroxylation is 1. The summed E-state index contributed by atoms with van der Waals surface area (Å²) in [6.45, 7) is 1.50. The fourth-order valence-electron chi connectivity index (χ4n) is 2.66. The maximum absolute atomic E-state index is 12.1. The lowest BCUT2D eigenvalue weighted by Crippen LogP contribution is -2.16. The predicted octanol–water partition coefficient (Wildman–Crippen LogP) is 2.20. The first-order chi connectivity index (χ1) is 9.50. The smallest absolute Gasteiger partial charge is 0.341 e. The minimum Gasteiger partial charge on any atom is -0.482 e. The SMILES string of the molecule is Cc1cc(OCC(=O)O)ccc1NC(=O)C1CC12CC2. The van der Waals surface area contributed by atoms with Gasteiger partial charge in [0.15, 0.2) is 6.61 Å². The number of hydrogen-bond acceptors (Lipinski definition) is 3. The highest BCUT2D eigenvalue weighted by atomic mass is 16.5. The van der Waals surface area contributed by atoms with E-state index in [-0.39, 0.29) is 18.4 Å². The second-order valence-corrected chi connectivity index (χ2v) is 5.77. The summed E-state index contributed by atoms with van der Waals surface area (Å²) in [5, 5.41) is 11.5. The van der Waals surface area contributed by atoms with Crippen molar-refractivity contribution in [2.75, 3.05) is 11.9 Å². The minimum absolute atomic E-state index is 0.102. The number of hydrogen-bond donors (Lipinski definition) is 2. The molecule has 2 N–H and O–H groups in total. The highest BCUT2D eigenvalue weighted by Crippen LogP contribution is 2.70. The van der Waals surface area contributed by atoms with Crippen LogP contribution in [0.15, 0.2) is 18.2 Å². The summed E-state index contributed by atoms with van der Waals surface area (Å²) < 4.78 is 5.10. The lowest BCUT2D eigenvalue weighted by Gasteiger charge is -2.10. The molecule has 1 atom stereocenters. The molecule has 0 heterocycles. The molecule has 0 aliphatic heterocycles. The van der Waals surface area contributed by atoms with Crippen molar-refractivity contribution in [3.8, 4) is 5.75 Å². The molecule has 2 aliphatic carbocycles. The van der Waals surface area contributed by atoms with Crippen LogP contribution in [0.2, 0.25) is 0 Å². The number of nitrogens with one attached hydrogen (secondary N) is 1. The molecule has 0 radical (unpaired) electrons. The Hall–Kier alpha value is -2.04. The van der Waals surface area contributed by atoms with Gasteiger partial charge in [-0.2, -0.15) is 0 Å². The van der Waals surface area contributed by atoms with Crippen molar-refractivity contribution in [3.05, 3.63) is 23.8 Å². The fraction of sp³-hybridized carbons (Fsp3) is 0.467. The zero-order valence-corrected chi connectivity index (χ0v) is 11.3. The van der Waals surface area contributed by atoms with Gasteiger partial charge in [0, 0.05) is 11.6 Å². The average Bonchev–Trinajstić information content (AvgIpc) is 3.30. The van der Waals surface area contributed by atoms with Crippen LogP contribution in [0.25, 0.3) is 0 Å². The van der Waals surface area contributed by atoms with Crippen LogP contribution in [0.5, 0.6) is 5.75 Å². The third kappa shape index (κ3) is 2.48. The molecule has 2 saturated carbocycles. The predicted molar refractivity (Wildman–Crippen MR) is 72.7 cm³/mol. The number of carboxylic acid groups (broad SMARTS) is 1. The standard InChI is InChI=1S/C15H17NO4/c1-9-6-10(20-8-13(17)18)2-3-12(9)16-14(19)11-7-15(11)4-5-15/h2-3,6,11H,4-5,7-8H2,1H3,(H,16,19)(H,17,18). The van der Waals surface area contributed by atoms with E-state index in [1.54, 1.807) is 18.2 Å². The molecule has 2 fully saturated rings. The molecule has 1 unspecified atom stereocenters. The van der Waals surface area contributed by atoms with Gasteiger partial charge in [0.1, 0.15) is 5.75 Å². The number of carbonyl (C=O) groups is 2. The van der Waals surface area contributed by atoms with Crippen LogP contribution in [0, 0.1) is 18.3 Å². The van der Waals surface area contributed by atoms with Crippen LogP contribution in [-0.2, 0) is 9.59 Å². The molecular weight excluding hydrogens is 258 g/mol. The Balaban J connectivity index is 1.62. The van der Waals surface area contributed by atoms with Crippen molar-refractivity contribution >= 4 is 17.6 Å². The third-order valence-corrected chi connectivity index (χ3v) is 4.22. The quantitative estimate of drug-likeness (QED) is 0.863. The van der Waals surface area contributed by atoms with Gasteiger partial charge in [-0.25, -0.2) is 4.79 Å². The molecule has 1 aromatic rings.